The molecule has 0 aromatic heterocycles. The van der Waals surface area contributed by atoms with E-state index in [2.05, 4.69) is 41.1 Å². The standard InChI is InChI=1S/C17H24ClN3O/c1-14(18)10-19-17(22)20(2)11-16-8-9-21(13-16)12-15-6-4-3-5-7-15/h3-7,16H,1,8-13H2,2H3,(H,19,22)/t16-/m1/s1. The molecule has 1 N–H and O–H groups in total. The maximum atomic E-state index is 11.9. The number of benzene rings is 1. The van der Waals surface area contributed by atoms with Crippen LogP contribution >= 0.6 is 11.6 Å². The van der Waals surface area contributed by atoms with Gasteiger partial charge in [-0.25, -0.2) is 4.79 Å². The van der Waals surface area contributed by atoms with E-state index < -0.39 is 0 Å². The van der Waals surface area contributed by atoms with Gasteiger partial charge in [0.25, 0.3) is 0 Å². The van der Waals surface area contributed by atoms with Gasteiger partial charge in [-0.3, -0.25) is 4.90 Å². The number of carbonyl (C=O) groups is 1. The highest BCUT2D eigenvalue weighted by atomic mass is 35.5. The van der Waals surface area contributed by atoms with Crippen molar-refractivity contribution in [2.45, 2.75) is 13.0 Å². The summed E-state index contributed by atoms with van der Waals surface area (Å²) in [5, 5.41) is 3.19. The van der Waals surface area contributed by atoms with Crippen LogP contribution in [0.4, 0.5) is 4.79 Å². The number of nitrogens with zero attached hydrogens (tertiary/aromatic N) is 2. The second-order valence-corrected chi connectivity index (χ2v) is 6.47. The summed E-state index contributed by atoms with van der Waals surface area (Å²) in [5.74, 6) is 0.527. The minimum Gasteiger partial charge on any atom is -0.333 e. The van der Waals surface area contributed by atoms with Gasteiger partial charge in [-0.1, -0.05) is 48.5 Å². The van der Waals surface area contributed by atoms with E-state index in [0.717, 1.165) is 32.6 Å². The summed E-state index contributed by atoms with van der Waals surface area (Å²) in [6, 6.07) is 10.4. The van der Waals surface area contributed by atoms with Crippen molar-refractivity contribution in [3.8, 4) is 0 Å². The molecule has 0 radical (unpaired) electrons. The van der Waals surface area contributed by atoms with Crippen LogP contribution in [0.15, 0.2) is 41.9 Å². The van der Waals surface area contributed by atoms with Gasteiger partial charge < -0.3 is 10.2 Å². The number of carbonyl (C=O) groups excluding carboxylic acids is 1. The molecule has 5 heteroatoms. The summed E-state index contributed by atoms with van der Waals surface area (Å²) >= 11 is 5.66. The Morgan fingerprint density at radius 2 is 2.18 bits per heavy atom. The number of nitrogens with one attached hydrogen (secondary N) is 1. The number of halogens is 1. The first kappa shape index (κ1) is 16.8. The molecular formula is C17H24ClN3O. The van der Waals surface area contributed by atoms with Gasteiger partial charge >= 0.3 is 6.03 Å². The Morgan fingerprint density at radius 3 is 2.86 bits per heavy atom. The number of likely N-dealkylation sites (tertiary alicyclic amines) is 1. The average Bonchev–Trinajstić information content (AvgIpc) is 2.92. The van der Waals surface area contributed by atoms with Crippen LogP contribution < -0.4 is 5.32 Å². The Balaban J connectivity index is 1.73. The van der Waals surface area contributed by atoms with Crippen LogP contribution in [0.2, 0.25) is 0 Å². The SMILES string of the molecule is C=C(Cl)CNC(=O)N(C)C[C@H]1CCN(Cc2ccccc2)C1. The van der Waals surface area contributed by atoms with Gasteiger partial charge in [0.15, 0.2) is 0 Å². The quantitative estimate of drug-likeness (QED) is 0.874. The molecule has 2 amide bonds. The van der Waals surface area contributed by atoms with E-state index in [1.54, 1.807) is 4.90 Å². The van der Waals surface area contributed by atoms with Crippen LogP contribution in [0.1, 0.15) is 12.0 Å². The van der Waals surface area contributed by atoms with E-state index in [-0.39, 0.29) is 6.03 Å². The fourth-order valence-corrected chi connectivity index (χ4v) is 2.89. The molecule has 1 fully saturated rings. The Bertz CT molecular complexity index is 506. The first-order chi connectivity index (χ1) is 10.5. The lowest BCUT2D eigenvalue weighted by Crippen LogP contribution is -2.40. The normalized spacial score (nSPS) is 18.2. The third-order valence-corrected chi connectivity index (χ3v) is 4.06. The molecule has 1 heterocycles. The number of hydrogen-bond acceptors (Lipinski definition) is 2. The van der Waals surface area contributed by atoms with E-state index in [0.29, 0.717) is 17.5 Å². The summed E-state index contributed by atoms with van der Waals surface area (Å²) in [6.07, 6.45) is 1.13. The van der Waals surface area contributed by atoms with E-state index in [1.807, 2.05) is 13.1 Å². The number of rotatable bonds is 6. The lowest BCUT2D eigenvalue weighted by Gasteiger charge is -2.22. The molecule has 2 rings (SSSR count). The molecule has 120 valence electrons. The first-order valence-electron chi connectivity index (χ1n) is 7.63. The Morgan fingerprint density at radius 1 is 1.45 bits per heavy atom. The molecule has 0 unspecified atom stereocenters. The fourth-order valence-electron chi connectivity index (χ4n) is 2.82. The van der Waals surface area contributed by atoms with Crippen LogP contribution in [0, 0.1) is 5.92 Å². The van der Waals surface area contributed by atoms with Crippen molar-refractivity contribution >= 4 is 17.6 Å². The number of amides is 2. The smallest absolute Gasteiger partial charge is 0.317 e. The Kier molecular flexibility index (Phi) is 6.28. The molecule has 22 heavy (non-hydrogen) atoms. The van der Waals surface area contributed by atoms with Crippen LogP contribution in [0.3, 0.4) is 0 Å². The average molecular weight is 322 g/mol. The molecule has 1 aromatic rings. The Hall–Kier alpha value is -1.52. The van der Waals surface area contributed by atoms with Crippen molar-refractivity contribution < 1.29 is 4.79 Å². The third-order valence-electron chi connectivity index (χ3n) is 3.93. The monoisotopic (exact) mass is 321 g/mol. The Labute approximate surface area is 137 Å². The number of hydrogen-bond donors (Lipinski definition) is 1. The predicted octanol–water partition coefficient (Wildman–Crippen LogP) is 2.90. The van der Waals surface area contributed by atoms with E-state index in [9.17, 15) is 4.79 Å². The third kappa shape index (κ3) is 5.35. The first-order valence-corrected chi connectivity index (χ1v) is 8.01. The minimum absolute atomic E-state index is 0.0942. The second kappa shape index (κ2) is 8.20. The molecule has 0 aliphatic carbocycles. The summed E-state index contributed by atoms with van der Waals surface area (Å²) < 4.78 is 0. The molecular weight excluding hydrogens is 298 g/mol. The van der Waals surface area contributed by atoms with Gasteiger partial charge in [-0.05, 0) is 24.4 Å². The fraction of sp³-hybridized carbons (Fsp3) is 0.471. The van der Waals surface area contributed by atoms with Crippen molar-refractivity contribution in [1.29, 1.82) is 0 Å². The van der Waals surface area contributed by atoms with Crippen LogP contribution in [-0.2, 0) is 6.54 Å². The zero-order valence-electron chi connectivity index (χ0n) is 13.1. The lowest BCUT2D eigenvalue weighted by atomic mass is 10.1. The van der Waals surface area contributed by atoms with Crippen molar-refractivity contribution in [3.05, 3.63) is 47.5 Å². The van der Waals surface area contributed by atoms with Crippen molar-refractivity contribution in [2.24, 2.45) is 5.92 Å². The van der Waals surface area contributed by atoms with Crippen molar-refractivity contribution in [2.75, 3.05) is 33.2 Å². The highest BCUT2D eigenvalue weighted by molar-refractivity contribution is 6.29. The van der Waals surface area contributed by atoms with Crippen LogP contribution in [0.25, 0.3) is 0 Å². The van der Waals surface area contributed by atoms with Crippen molar-refractivity contribution in [1.82, 2.24) is 15.1 Å². The molecule has 1 aliphatic heterocycles. The highest BCUT2D eigenvalue weighted by Gasteiger charge is 2.24. The van der Waals surface area contributed by atoms with E-state index in [4.69, 9.17) is 11.6 Å². The molecule has 1 aliphatic rings. The molecule has 4 nitrogen and oxygen atoms in total. The zero-order chi connectivity index (χ0) is 15.9. The summed E-state index contributed by atoms with van der Waals surface area (Å²) in [7, 11) is 1.83. The molecule has 0 spiro atoms. The van der Waals surface area contributed by atoms with E-state index >= 15 is 0 Å². The summed E-state index contributed by atoms with van der Waals surface area (Å²) in [4.78, 5) is 16.1. The molecule has 1 saturated heterocycles. The van der Waals surface area contributed by atoms with Gasteiger partial charge in [0.05, 0.1) is 6.54 Å². The topological polar surface area (TPSA) is 35.6 Å². The maximum absolute atomic E-state index is 11.9. The summed E-state index contributed by atoms with van der Waals surface area (Å²) in [5.41, 5.74) is 1.34. The molecule has 0 bridgehead atoms. The molecule has 0 saturated carbocycles. The number of urea groups is 1. The van der Waals surface area contributed by atoms with Crippen molar-refractivity contribution in [3.63, 3.8) is 0 Å². The van der Waals surface area contributed by atoms with Crippen LogP contribution in [0.5, 0.6) is 0 Å². The van der Waals surface area contributed by atoms with Crippen LogP contribution in [-0.4, -0.2) is 49.1 Å². The maximum Gasteiger partial charge on any atom is 0.317 e. The largest absolute Gasteiger partial charge is 0.333 e. The zero-order valence-corrected chi connectivity index (χ0v) is 13.9. The molecule has 1 aromatic carbocycles. The van der Waals surface area contributed by atoms with Gasteiger partial charge in [0.2, 0.25) is 0 Å². The summed E-state index contributed by atoms with van der Waals surface area (Å²) in [6.45, 7) is 7.76. The second-order valence-electron chi connectivity index (χ2n) is 5.93. The predicted molar refractivity (Wildman–Crippen MR) is 90.8 cm³/mol. The van der Waals surface area contributed by atoms with Gasteiger partial charge in [-0.2, -0.15) is 0 Å². The van der Waals surface area contributed by atoms with Gasteiger partial charge in [-0.15, -0.1) is 0 Å². The minimum atomic E-state index is -0.0942. The highest BCUT2D eigenvalue weighted by Crippen LogP contribution is 2.19. The molecule has 1 atom stereocenters. The van der Waals surface area contributed by atoms with Gasteiger partial charge in [0, 0.05) is 31.7 Å². The van der Waals surface area contributed by atoms with Gasteiger partial charge in [0.1, 0.15) is 0 Å². The lowest BCUT2D eigenvalue weighted by molar-refractivity contribution is 0.200. The van der Waals surface area contributed by atoms with E-state index in [1.165, 1.54) is 5.56 Å².